The number of hydrogen-bond donors (Lipinski definition) is 1. The topological polar surface area (TPSA) is 41.6 Å². The van der Waals surface area contributed by atoms with Crippen molar-refractivity contribution in [2.45, 2.75) is 39.3 Å². The Balaban J connectivity index is 2.09. The molecule has 0 radical (unpaired) electrons. The highest BCUT2D eigenvalue weighted by Crippen LogP contribution is 2.41. The third kappa shape index (κ3) is 2.08. The van der Waals surface area contributed by atoms with Gasteiger partial charge >= 0.3 is 5.97 Å². The Kier molecular flexibility index (Phi) is 3.46. The first-order valence-electron chi connectivity index (χ1n) is 6.62. The maximum Gasteiger partial charge on any atom is 0.323 e. The van der Waals surface area contributed by atoms with Crippen molar-refractivity contribution in [2.75, 3.05) is 26.2 Å². The molecule has 2 heterocycles. The largest absolute Gasteiger partial charge is 0.465 e. The number of nitrogens with one attached hydrogen (secondary N) is 1. The van der Waals surface area contributed by atoms with Crippen LogP contribution in [0.4, 0.5) is 0 Å². The first kappa shape index (κ1) is 12.8. The predicted octanol–water partition coefficient (Wildman–Crippen LogP) is 0.868. The van der Waals surface area contributed by atoms with E-state index in [2.05, 4.69) is 24.1 Å². The zero-order valence-corrected chi connectivity index (χ0v) is 11.3. The van der Waals surface area contributed by atoms with Crippen molar-refractivity contribution in [1.29, 1.82) is 0 Å². The van der Waals surface area contributed by atoms with Crippen molar-refractivity contribution in [3.63, 3.8) is 0 Å². The molecule has 2 aliphatic heterocycles. The first-order chi connectivity index (χ1) is 7.98. The molecule has 2 rings (SSSR count). The summed E-state index contributed by atoms with van der Waals surface area (Å²) in [5.74, 6) is 1.25. The van der Waals surface area contributed by atoms with E-state index < -0.39 is 0 Å². The predicted molar refractivity (Wildman–Crippen MR) is 66.7 cm³/mol. The highest BCUT2D eigenvalue weighted by molar-refractivity contribution is 5.75. The number of rotatable bonds is 3. The Morgan fingerprint density at radius 2 is 2.24 bits per heavy atom. The average Bonchev–Trinajstić information content (AvgIpc) is 2.81. The van der Waals surface area contributed by atoms with E-state index in [-0.39, 0.29) is 17.6 Å². The van der Waals surface area contributed by atoms with Gasteiger partial charge < -0.3 is 10.1 Å². The molecule has 2 aliphatic rings. The molecule has 0 aromatic rings. The summed E-state index contributed by atoms with van der Waals surface area (Å²) in [6.07, 6.45) is 0. The molecule has 17 heavy (non-hydrogen) atoms. The van der Waals surface area contributed by atoms with Crippen LogP contribution < -0.4 is 5.32 Å². The Bertz CT molecular complexity index is 304. The van der Waals surface area contributed by atoms with E-state index in [0.29, 0.717) is 18.4 Å². The molecule has 3 unspecified atom stereocenters. The lowest BCUT2D eigenvalue weighted by atomic mass is 9.84. The molecule has 3 atom stereocenters. The number of nitrogens with zero attached hydrogens (tertiary/aromatic N) is 1. The van der Waals surface area contributed by atoms with Crippen molar-refractivity contribution >= 4 is 5.97 Å². The number of fused-ring (bicyclic) bond motifs is 1. The van der Waals surface area contributed by atoms with Crippen LogP contribution in [0.5, 0.6) is 0 Å². The van der Waals surface area contributed by atoms with Gasteiger partial charge in [0.25, 0.3) is 0 Å². The molecule has 0 bridgehead atoms. The van der Waals surface area contributed by atoms with Crippen LogP contribution in [0.15, 0.2) is 0 Å². The maximum absolute atomic E-state index is 11.9. The number of carbonyl (C=O) groups excluding carboxylic acids is 1. The van der Waals surface area contributed by atoms with Crippen molar-refractivity contribution in [1.82, 2.24) is 10.2 Å². The van der Waals surface area contributed by atoms with Gasteiger partial charge in [0.15, 0.2) is 0 Å². The molecule has 0 aromatic carbocycles. The fourth-order valence-electron chi connectivity index (χ4n) is 3.50. The molecule has 2 fully saturated rings. The fourth-order valence-corrected chi connectivity index (χ4v) is 3.50. The van der Waals surface area contributed by atoms with Gasteiger partial charge in [-0.2, -0.15) is 0 Å². The minimum Gasteiger partial charge on any atom is -0.465 e. The van der Waals surface area contributed by atoms with Crippen molar-refractivity contribution in [2.24, 2.45) is 11.8 Å². The zero-order valence-electron chi connectivity index (χ0n) is 11.3. The lowest BCUT2D eigenvalue weighted by Gasteiger charge is -2.38. The van der Waals surface area contributed by atoms with Crippen LogP contribution in [0.3, 0.4) is 0 Å². The van der Waals surface area contributed by atoms with Gasteiger partial charge in [-0.05, 0) is 46.1 Å². The first-order valence-corrected chi connectivity index (χ1v) is 6.62. The van der Waals surface area contributed by atoms with E-state index in [1.807, 2.05) is 13.8 Å². The highest BCUT2D eigenvalue weighted by Gasteiger charge is 2.51. The monoisotopic (exact) mass is 240 g/mol. The maximum atomic E-state index is 11.9. The molecular formula is C13H24N2O2. The number of ether oxygens (including phenoxy) is 1. The van der Waals surface area contributed by atoms with Gasteiger partial charge in [0.2, 0.25) is 0 Å². The summed E-state index contributed by atoms with van der Waals surface area (Å²) in [6.45, 7) is 12.0. The molecule has 4 nitrogen and oxygen atoms in total. The summed E-state index contributed by atoms with van der Waals surface area (Å²) >= 11 is 0. The SMILES string of the molecule is CCOC(=O)C(C)N1CC2CNCC2C1(C)C. The molecule has 1 N–H and O–H groups in total. The average molecular weight is 240 g/mol. The quantitative estimate of drug-likeness (QED) is 0.743. The van der Waals surface area contributed by atoms with E-state index in [1.165, 1.54) is 0 Å². The Hall–Kier alpha value is -0.610. The van der Waals surface area contributed by atoms with Gasteiger partial charge in [-0.15, -0.1) is 0 Å². The van der Waals surface area contributed by atoms with Gasteiger partial charge in [-0.3, -0.25) is 9.69 Å². The molecule has 0 spiro atoms. The Labute approximate surface area is 104 Å². The summed E-state index contributed by atoms with van der Waals surface area (Å²) in [6, 6.07) is -0.129. The normalized spacial score (nSPS) is 33.4. The second kappa shape index (κ2) is 4.58. The lowest BCUT2D eigenvalue weighted by molar-refractivity contribution is -0.150. The van der Waals surface area contributed by atoms with Crippen LogP contribution in [0.1, 0.15) is 27.7 Å². The number of hydrogen-bond acceptors (Lipinski definition) is 4. The molecular weight excluding hydrogens is 216 g/mol. The number of carbonyl (C=O) groups is 1. The third-order valence-corrected chi connectivity index (χ3v) is 4.51. The highest BCUT2D eigenvalue weighted by atomic mass is 16.5. The minimum absolute atomic E-state index is 0.0837. The summed E-state index contributed by atoms with van der Waals surface area (Å²) in [7, 11) is 0. The van der Waals surface area contributed by atoms with E-state index in [0.717, 1.165) is 19.6 Å². The molecule has 4 heteroatoms. The van der Waals surface area contributed by atoms with E-state index >= 15 is 0 Å². The second-order valence-corrected chi connectivity index (χ2v) is 5.76. The summed E-state index contributed by atoms with van der Waals surface area (Å²) in [5, 5.41) is 3.45. The Morgan fingerprint density at radius 1 is 1.53 bits per heavy atom. The van der Waals surface area contributed by atoms with Gasteiger partial charge in [0, 0.05) is 18.6 Å². The molecule has 0 amide bonds. The zero-order chi connectivity index (χ0) is 12.6. The van der Waals surface area contributed by atoms with E-state index in [1.54, 1.807) is 0 Å². The lowest BCUT2D eigenvalue weighted by Crippen LogP contribution is -2.51. The van der Waals surface area contributed by atoms with E-state index in [4.69, 9.17) is 4.74 Å². The fraction of sp³-hybridized carbons (Fsp3) is 0.923. The number of likely N-dealkylation sites (tertiary alicyclic amines) is 1. The second-order valence-electron chi connectivity index (χ2n) is 5.76. The third-order valence-electron chi connectivity index (χ3n) is 4.51. The summed E-state index contributed by atoms with van der Waals surface area (Å²) in [5.41, 5.74) is 0.0837. The van der Waals surface area contributed by atoms with Gasteiger partial charge in [-0.1, -0.05) is 0 Å². The van der Waals surface area contributed by atoms with E-state index in [9.17, 15) is 4.79 Å². The minimum atomic E-state index is -0.129. The number of esters is 1. The Morgan fingerprint density at radius 3 is 2.82 bits per heavy atom. The van der Waals surface area contributed by atoms with Crippen molar-refractivity contribution < 1.29 is 9.53 Å². The van der Waals surface area contributed by atoms with Gasteiger partial charge in [0.1, 0.15) is 6.04 Å². The summed E-state index contributed by atoms with van der Waals surface area (Å²) < 4.78 is 5.14. The van der Waals surface area contributed by atoms with Crippen molar-refractivity contribution in [3.8, 4) is 0 Å². The smallest absolute Gasteiger partial charge is 0.323 e. The van der Waals surface area contributed by atoms with Crippen LogP contribution in [0, 0.1) is 11.8 Å². The van der Waals surface area contributed by atoms with Crippen LogP contribution >= 0.6 is 0 Å². The van der Waals surface area contributed by atoms with Crippen molar-refractivity contribution in [3.05, 3.63) is 0 Å². The molecule has 2 saturated heterocycles. The van der Waals surface area contributed by atoms with Crippen LogP contribution in [-0.2, 0) is 9.53 Å². The van der Waals surface area contributed by atoms with Crippen LogP contribution in [-0.4, -0.2) is 48.7 Å². The summed E-state index contributed by atoms with van der Waals surface area (Å²) in [4.78, 5) is 14.2. The molecule has 0 aromatic heterocycles. The van der Waals surface area contributed by atoms with Crippen LogP contribution in [0.25, 0.3) is 0 Å². The van der Waals surface area contributed by atoms with Gasteiger partial charge in [-0.25, -0.2) is 0 Å². The molecule has 0 aliphatic carbocycles. The molecule has 0 saturated carbocycles. The standard InChI is InChI=1S/C13H24N2O2/c1-5-17-12(16)9(2)15-8-10-6-14-7-11(10)13(15,3)4/h9-11,14H,5-8H2,1-4H3. The molecule has 98 valence electrons. The van der Waals surface area contributed by atoms with Crippen LogP contribution in [0.2, 0.25) is 0 Å². The van der Waals surface area contributed by atoms with Gasteiger partial charge in [0.05, 0.1) is 6.61 Å².